The van der Waals surface area contributed by atoms with Gasteiger partial charge in [0.1, 0.15) is 5.75 Å². The number of fused-ring (bicyclic) bond motifs is 1. The highest BCUT2D eigenvalue weighted by molar-refractivity contribution is 6.03. The predicted molar refractivity (Wildman–Crippen MR) is 62.7 cm³/mol. The van der Waals surface area contributed by atoms with Crippen LogP contribution < -0.4 is 4.74 Å². The van der Waals surface area contributed by atoms with Gasteiger partial charge < -0.3 is 14.2 Å². The first kappa shape index (κ1) is 11.8. The number of carbonyl (C=O) groups excluding carboxylic acids is 1. The summed E-state index contributed by atoms with van der Waals surface area (Å²) in [5.41, 5.74) is 1.54. The second kappa shape index (κ2) is 4.31. The molecule has 1 aliphatic carbocycles. The summed E-state index contributed by atoms with van der Waals surface area (Å²) in [6.45, 7) is 0. The van der Waals surface area contributed by atoms with E-state index in [2.05, 4.69) is 0 Å². The van der Waals surface area contributed by atoms with E-state index in [9.17, 15) is 4.79 Å². The Morgan fingerprint density at radius 1 is 1.06 bits per heavy atom. The minimum Gasteiger partial charge on any atom is -0.497 e. The fourth-order valence-corrected chi connectivity index (χ4v) is 2.01. The van der Waals surface area contributed by atoms with Crippen molar-refractivity contribution in [2.45, 2.75) is 5.79 Å². The van der Waals surface area contributed by atoms with Crippen LogP contribution in [0.4, 0.5) is 0 Å². The maximum Gasteiger partial charge on any atom is 0.260 e. The van der Waals surface area contributed by atoms with E-state index in [1.807, 2.05) is 12.1 Å². The van der Waals surface area contributed by atoms with Crippen LogP contribution in [0.25, 0.3) is 6.08 Å². The lowest BCUT2D eigenvalue weighted by atomic mass is 9.90. The highest BCUT2D eigenvalue weighted by atomic mass is 16.7. The van der Waals surface area contributed by atoms with Crippen molar-refractivity contribution in [3.63, 3.8) is 0 Å². The normalized spacial score (nSPS) is 16.8. The molecule has 0 saturated carbocycles. The van der Waals surface area contributed by atoms with Crippen molar-refractivity contribution in [2.75, 3.05) is 21.3 Å². The largest absolute Gasteiger partial charge is 0.497 e. The van der Waals surface area contributed by atoms with Gasteiger partial charge in [-0.1, -0.05) is 12.1 Å². The number of benzene rings is 1. The van der Waals surface area contributed by atoms with Crippen molar-refractivity contribution in [3.05, 3.63) is 35.4 Å². The fourth-order valence-electron chi connectivity index (χ4n) is 2.01. The molecule has 90 valence electrons. The van der Waals surface area contributed by atoms with Gasteiger partial charge in [-0.05, 0) is 23.8 Å². The molecule has 1 aliphatic rings. The number of ketones is 1. The van der Waals surface area contributed by atoms with Gasteiger partial charge in [0.25, 0.3) is 5.79 Å². The first-order valence-electron chi connectivity index (χ1n) is 5.19. The maximum atomic E-state index is 12.0. The SMILES string of the molecule is COc1ccc2c(c1)C(OC)(OC)C(=O)C=C2. The first-order valence-corrected chi connectivity index (χ1v) is 5.19. The molecule has 0 N–H and O–H groups in total. The molecule has 0 unspecified atom stereocenters. The summed E-state index contributed by atoms with van der Waals surface area (Å²) in [4.78, 5) is 12.0. The average Bonchev–Trinajstić information content (AvgIpc) is 2.38. The van der Waals surface area contributed by atoms with Gasteiger partial charge in [-0.2, -0.15) is 0 Å². The molecule has 17 heavy (non-hydrogen) atoms. The summed E-state index contributed by atoms with van der Waals surface area (Å²) in [5, 5.41) is 0. The lowest BCUT2D eigenvalue weighted by Gasteiger charge is -2.32. The molecule has 0 saturated heterocycles. The van der Waals surface area contributed by atoms with Gasteiger partial charge in [0, 0.05) is 19.8 Å². The van der Waals surface area contributed by atoms with Crippen molar-refractivity contribution >= 4 is 11.9 Å². The van der Waals surface area contributed by atoms with Crippen LogP contribution in [-0.2, 0) is 20.1 Å². The molecule has 0 radical (unpaired) electrons. The van der Waals surface area contributed by atoms with Crippen molar-refractivity contribution in [1.29, 1.82) is 0 Å². The molecule has 1 aromatic rings. The van der Waals surface area contributed by atoms with E-state index in [-0.39, 0.29) is 5.78 Å². The Bertz CT molecular complexity index is 472. The number of ether oxygens (including phenoxy) is 3. The monoisotopic (exact) mass is 234 g/mol. The number of hydrogen-bond acceptors (Lipinski definition) is 4. The lowest BCUT2D eigenvalue weighted by molar-refractivity contribution is -0.209. The van der Waals surface area contributed by atoms with Crippen LogP contribution in [0.15, 0.2) is 24.3 Å². The van der Waals surface area contributed by atoms with Crippen LogP contribution in [0.2, 0.25) is 0 Å². The van der Waals surface area contributed by atoms with E-state index in [0.29, 0.717) is 11.3 Å². The molecule has 4 heteroatoms. The van der Waals surface area contributed by atoms with Gasteiger partial charge in [0.2, 0.25) is 5.78 Å². The second-order valence-electron chi connectivity index (χ2n) is 3.68. The Kier molecular flexibility index (Phi) is 3.00. The highest BCUT2D eigenvalue weighted by Gasteiger charge is 2.43. The molecule has 0 aliphatic heterocycles. The highest BCUT2D eigenvalue weighted by Crippen LogP contribution is 2.36. The van der Waals surface area contributed by atoms with Crippen molar-refractivity contribution in [1.82, 2.24) is 0 Å². The molecular formula is C13H14O4. The van der Waals surface area contributed by atoms with E-state index in [0.717, 1.165) is 5.56 Å². The molecule has 0 spiro atoms. The van der Waals surface area contributed by atoms with Crippen LogP contribution in [-0.4, -0.2) is 27.1 Å². The van der Waals surface area contributed by atoms with Crippen LogP contribution in [0.3, 0.4) is 0 Å². The molecule has 1 aromatic carbocycles. The van der Waals surface area contributed by atoms with Crippen LogP contribution in [0.5, 0.6) is 5.75 Å². The Morgan fingerprint density at radius 2 is 1.76 bits per heavy atom. The third kappa shape index (κ3) is 1.66. The summed E-state index contributed by atoms with van der Waals surface area (Å²) in [6, 6.07) is 5.45. The molecule has 0 fully saturated rings. The van der Waals surface area contributed by atoms with E-state index in [1.165, 1.54) is 20.3 Å². The van der Waals surface area contributed by atoms with E-state index in [1.54, 1.807) is 19.3 Å². The molecule has 0 heterocycles. The van der Waals surface area contributed by atoms with Crippen molar-refractivity contribution in [3.8, 4) is 5.75 Å². The van der Waals surface area contributed by atoms with Gasteiger partial charge in [0.15, 0.2) is 0 Å². The van der Waals surface area contributed by atoms with Gasteiger partial charge in [-0.25, -0.2) is 0 Å². The molecule has 0 atom stereocenters. The minimum absolute atomic E-state index is 0.233. The molecule has 2 rings (SSSR count). The van der Waals surface area contributed by atoms with Crippen LogP contribution >= 0.6 is 0 Å². The zero-order chi connectivity index (χ0) is 12.5. The third-order valence-corrected chi connectivity index (χ3v) is 2.93. The van der Waals surface area contributed by atoms with Crippen molar-refractivity contribution in [2.24, 2.45) is 0 Å². The summed E-state index contributed by atoms with van der Waals surface area (Å²) < 4.78 is 15.7. The second-order valence-corrected chi connectivity index (χ2v) is 3.68. The van der Waals surface area contributed by atoms with E-state index >= 15 is 0 Å². The number of methoxy groups -OCH3 is 3. The minimum atomic E-state index is -1.36. The predicted octanol–water partition coefficient (Wildman–Crippen LogP) is 1.74. The molecule has 0 aromatic heterocycles. The van der Waals surface area contributed by atoms with Crippen LogP contribution in [0, 0.1) is 0 Å². The van der Waals surface area contributed by atoms with Gasteiger partial charge in [-0.3, -0.25) is 4.79 Å². The quantitative estimate of drug-likeness (QED) is 0.747. The lowest BCUT2D eigenvalue weighted by Crippen LogP contribution is -2.41. The molecular weight excluding hydrogens is 220 g/mol. The Morgan fingerprint density at radius 3 is 2.35 bits per heavy atom. The third-order valence-electron chi connectivity index (χ3n) is 2.93. The van der Waals surface area contributed by atoms with Crippen LogP contribution in [0.1, 0.15) is 11.1 Å². The van der Waals surface area contributed by atoms with E-state index in [4.69, 9.17) is 14.2 Å². The molecule has 0 bridgehead atoms. The van der Waals surface area contributed by atoms with Crippen molar-refractivity contribution < 1.29 is 19.0 Å². The van der Waals surface area contributed by atoms with Gasteiger partial charge in [-0.15, -0.1) is 0 Å². The average molecular weight is 234 g/mol. The maximum absolute atomic E-state index is 12.0. The standard InChI is InChI=1S/C13H14O4/c1-15-10-6-4-9-5-7-12(14)13(16-2,17-3)11(9)8-10/h4-8H,1-3H3. The first-order chi connectivity index (χ1) is 8.17. The Labute approximate surface area is 99.8 Å². The summed E-state index contributed by atoms with van der Waals surface area (Å²) >= 11 is 0. The van der Waals surface area contributed by atoms with Gasteiger partial charge in [0.05, 0.1) is 7.11 Å². The molecule has 4 nitrogen and oxygen atoms in total. The number of hydrogen-bond donors (Lipinski definition) is 0. The van der Waals surface area contributed by atoms with E-state index < -0.39 is 5.79 Å². The molecule has 0 amide bonds. The smallest absolute Gasteiger partial charge is 0.260 e. The Hall–Kier alpha value is -1.65. The fraction of sp³-hybridized carbons (Fsp3) is 0.308. The number of carbonyl (C=O) groups is 1. The number of rotatable bonds is 3. The zero-order valence-electron chi connectivity index (χ0n) is 10.0. The summed E-state index contributed by atoms with van der Waals surface area (Å²) in [7, 11) is 4.47. The topological polar surface area (TPSA) is 44.8 Å². The summed E-state index contributed by atoms with van der Waals surface area (Å²) in [6.07, 6.45) is 3.20. The Balaban J connectivity index is 2.65. The van der Waals surface area contributed by atoms with Gasteiger partial charge >= 0.3 is 0 Å². The summed E-state index contributed by atoms with van der Waals surface area (Å²) in [5.74, 6) is -0.938. The zero-order valence-corrected chi connectivity index (χ0v) is 10.0.